The fourth-order valence-electron chi connectivity index (χ4n) is 2.49. The minimum absolute atomic E-state index is 0.0392. The Morgan fingerprint density at radius 2 is 1.65 bits per heavy atom. The Bertz CT molecular complexity index is 883. The fraction of sp³-hybridized carbons (Fsp3) is 0.111. The van der Waals surface area contributed by atoms with E-state index in [-0.39, 0.29) is 22.8 Å². The van der Waals surface area contributed by atoms with Crippen molar-refractivity contribution in [2.75, 3.05) is 19.2 Å². The number of hydrazine groups is 1. The summed E-state index contributed by atoms with van der Waals surface area (Å²) in [6.45, 7) is 0. The van der Waals surface area contributed by atoms with Gasteiger partial charge in [0.15, 0.2) is 11.5 Å². The van der Waals surface area contributed by atoms with Crippen LogP contribution in [-0.4, -0.2) is 31.1 Å². The molecule has 0 spiro atoms. The van der Waals surface area contributed by atoms with Crippen LogP contribution in [0.3, 0.4) is 0 Å². The van der Waals surface area contributed by atoms with Crippen LogP contribution >= 0.6 is 15.9 Å². The Morgan fingerprint density at radius 1 is 1.08 bits per heavy atom. The van der Waals surface area contributed by atoms with Crippen LogP contribution in [0.1, 0.15) is 5.56 Å². The number of methoxy groups -OCH3 is 2. The molecule has 3 rings (SSSR count). The van der Waals surface area contributed by atoms with Crippen molar-refractivity contribution < 1.29 is 24.2 Å². The van der Waals surface area contributed by atoms with E-state index in [1.165, 1.54) is 37.4 Å². The largest absolute Gasteiger partial charge is 0.502 e. The number of halogens is 1. The van der Waals surface area contributed by atoms with Crippen LogP contribution in [0.5, 0.6) is 17.2 Å². The minimum atomic E-state index is -0.524. The van der Waals surface area contributed by atoms with Gasteiger partial charge in [0, 0.05) is 4.47 Å². The maximum absolute atomic E-state index is 12.6. The second-order valence-electron chi connectivity index (χ2n) is 5.39. The molecule has 0 aliphatic carbocycles. The van der Waals surface area contributed by atoms with Gasteiger partial charge < -0.3 is 14.6 Å². The van der Waals surface area contributed by atoms with E-state index in [9.17, 15) is 14.7 Å². The van der Waals surface area contributed by atoms with Gasteiger partial charge in [-0.25, -0.2) is 5.01 Å². The number of amides is 2. The van der Waals surface area contributed by atoms with Crippen molar-refractivity contribution in [2.24, 2.45) is 0 Å². The fourth-order valence-corrected chi connectivity index (χ4v) is 2.76. The average Bonchev–Trinajstić information content (AvgIpc) is 2.91. The average molecular weight is 419 g/mol. The molecular formula is C18H15BrN2O5. The van der Waals surface area contributed by atoms with Crippen LogP contribution in [0, 0.1) is 0 Å². The molecule has 2 N–H and O–H groups in total. The number of nitrogens with zero attached hydrogens (tertiary/aromatic N) is 1. The van der Waals surface area contributed by atoms with Crippen LogP contribution in [0.25, 0.3) is 6.08 Å². The van der Waals surface area contributed by atoms with Gasteiger partial charge in [0.2, 0.25) is 5.75 Å². The summed E-state index contributed by atoms with van der Waals surface area (Å²) in [6, 6.07) is 9.97. The van der Waals surface area contributed by atoms with Gasteiger partial charge in [-0.15, -0.1) is 0 Å². The molecule has 26 heavy (non-hydrogen) atoms. The Hall–Kier alpha value is -3.00. The number of rotatable bonds is 4. The van der Waals surface area contributed by atoms with Crippen LogP contribution < -0.4 is 19.9 Å². The van der Waals surface area contributed by atoms with Gasteiger partial charge in [-0.1, -0.05) is 15.9 Å². The summed E-state index contributed by atoms with van der Waals surface area (Å²) >= 11 is 3.32. The van der Waals surface area contributed by atoms with Gasteiger partial charge in [-0.2, -0.15) is 0 Å². The van der Waals surface area contributed by atoms with Crippen molar-refractivity contribution >= 4 is 39.5 Å². The molecule has 2 amide bonds. The van der Waals surface area contributed by atoms with Crippen molar-refractivity contribution in [1.82, 2.24) is 5.43 Å². The molecule has 8 heteroatoms. The Balaban J connectivity index is 1.97. The SMILES string of the molecule is COc1cc(C=C2C(=O)NN(c3ccc(Br)cc3)C2=O)cc(OC)c1O. The molecule has 0 radical (unpaired) electrons. The van der Waals surface area contributed by atoms with E-state index in [1.807, 2.05) is 0 Å². The summed E-state index contributed by atoms with van der Waals surface area (Å²) in [5, 5.41) is 11.1. The molecule has 1 aliphatic rings. The van der Waals surface area contributed by atoms with E-state index in [2.05, 4.69) is 21.4 Å². The molecule has 0 atom stereocenters. The number of carbonyl (C=O) groups excluding carboxylic acids is 2. The number of aromatic hydroxyl groups is 1. The lowest BCUT2D eigenvalue weighted by Gasteiger charge is -2.14. The molecule has 7 nitrogen and oxygen atoms in total. The molecular weight excluding hydrogens is 404 g/mol. The third-order valence-electron chi connectivity index (χ3n) is 3.79. The second kappa shape index (κ2) is 7.09. The van der Waals surface area contributed by atoms with Crippen molar-refractivity contribution in [3.63, 3.8) is 0 Å². The van der Waals surface area contributed by atoms with Crippen LogP contribution in [-0.2, 0) is 9.59 Å². The van der Waals surface area contributed by atoms with E-state index in [0.717, 1.165) is 4.47 Å². The Morgan fingerprint density at radius 3 is 2.19 bits per heavy atom. The van der Waals surface area contributed by atoms with Crippen molar-refractivity contribution in [1.29, 1.82) is 0 Å². The number of anilines is 1. The van der Waals surface area contributed by atoms with E-state index in [0.29, 0.717) is 11.3 Å². The molecule has 0 aromatic heterocycles. The number of nitrogens with one attached hydrogen (secondary N) is 1. The highest BCUT2D eigenvalue weighted by Crippen LogP contribution is 2.38. The molecule has 0 unspecified atom stereocenters. The highest BCUT2D eigenvalue weighted by Gasteiger charge is 2.34. The normalized spacial score (nSPS) is 15.3. The van der Waals surface area contributed by atoms with E-state index >= 15 is 0 Å². The third-order valence-corrected chi connectivity index (χ3v) is 4.32. The van der Waals surface area contributed by atoms with Crippen LogP contribution in [0.4, 0.5) is 5.69 Å². The maximum atomic E-state index is 12.6. The molecule has 1 saturated heterocycles. The minimum Gasteiger partial charge on any atom is -0.502 e. The maximum Gasteiger partial charge on any atom is 0.282 e. The van der Waals surface area contributed by atoms with E-state index in [4.69, 9.17) is 9.47 Å². The van der Waals surface area contributed by atoms with Crippen molar-refractivity contribution in [3.05, 3.63) is 52.0 Å². The molecule has 0 bridgehead atoms. The zero-order valence-electron chi connectivity index (χ0n) is 13.9. The summed E-state index contributed by atoms with van der Waals surface area (Å²) in [4.78, 5) is 24.9. The van der Waals surface area contributed by atoms with Crippen molar-refractivity contribution in [3.8, 4) is 17.2 Å². The monoisotopic (exact) mass is 418 g/mol. The summed E-state index contributed by atoms with van der Waals surface area (Å²) < 4.78 is 11.0. The topological polar surface area (TPSA) is 88.1 Å². The first-order valence-corrected chi connectivity index (χ1v) is 8.31. The predicted molar refractivity (Wildman–Crippen MR) is 99.0 cm³/mol. The lowest BCUT2D eigenvalue weighted by Crippen LogP contribution is -2.35. The van der Waals surface area contributed by atoms with Gasteiger partial charge in [-0.3, -0.25) is 15.0 Å². The van der Waals surface area contributed by atoms with E-state index in [1.54, 1.807) is 24.3 Å². The van der Waals surface area contributed by atoms with Crippen LogP contribution in [0.15, 0.2) is 46.4 Å². The Labute approximate surface area is 157 Å². The smallest absolute Gasteiger partial charge is 0.282 e. The number of phenolic OH excluding ortho intramolecular Hbond substituents is 1. The van der Waals surface area contributed by atoms with Crippen molar-refractivity contribution in [2.45, 2.75) is 0 Å². The first-order chi connectivity index (χ1) is 12.4. The first-order valence-electron chi connectivity index (χ1n) is 7.52. The summed E-state index contributed by atoms with van der Waals surface area (Å²) in [5.74, 6) is -0.818. The van der Waals surface area contributed by atoms with Gasteiger partial charge in [-0.05, 0) is 48.0 Å². The Kier molecular flexibility index (Phi) is 4.85. The lowest BCUT2D eigenvalue weighted by molar-refractivity contribution is -0.117. The zero-order valence-corrected chi connectivity index (χ0v) is 15.5. The molecule has 2 aromatic rings. The number of hydrogen-bond acceptors (Lipinski definition) is 5. The molecule has 0 saturated carbocycles. The molecule has 1 aliphatic heterocycles. The number of carbonyl (C=O) groups is 2. The van der Waals surface area contributed by atoms with Gasteiger partial charge >= 0.3 is 0 Å². The van der Waals surface area contributed by atoms with E-state index < -0.39 is 11.8 Å². The highest BCUT2D eigenvalue weighted by molar-refractivity contribution is 9.10. The number of ether oxygens (including phenoxy) is 2. The molecule has 134 valence electrons. The molecule has 2 aromatic carbocycles. The number of benzene rings is 2. The molecule has 1 heterocycles. The number of phenols is 1. The highest BCUT2D eigenvalue weighted by atomic mass is 79.9. The standard InChI is InChI=1S/C18H15BrN2O5/c1-25-14-8-10(9-15(26-2)16(14)22)7-13-17(23)20-21(18(13)24)12-5-3-11(19)4-6-12/h3-9,22H,1-2H3,(H,20,23). The number of hydrogen-bond donors (Lipinski definition) is 2. The predicted octanol–water partition coefficient (Wildman–Crippen LogP) is 2.63. The zero-order chi connectivity index (χ0) is 18.8. The quantitative estimate of drug-likeness (QED) is 0.588. The summed E-state index contributed by atoms with van der Waals surface area (Å²) in [5.41, 5.74) is 3.51. The van der Waals surface area contributed by atoms with Crippen LogP contribution in [0.2, 0.25) is 0 Å². The van der Waals surface area contributed by atoms with Gasteiger partial charge in [0.1, 0.15) is 5.57 Å². The molecule has 1 fully saturated rings. The first kappa shape index (κ1) is 17.8. The summed E-state index contributed by atoms with van der Waals surface area (Å²) in [7, 11) is 2.79. The third kappa shape index (κ3) is 3.23. The summed E-state index contributed by atoms with van der Waals surface area (Å²) in [6.07, 6.45) is 1.42. The van der Waals surface area contributed by atoms with Gasteiger partial charge in [0.05, 0.1) is 19.9 Å². The second-order valence-corrected chi connectivity index (χ2v) is 6.31. The lowest BCUT2D eigenvalue weighted by atomic mass is 10.1. The van der Waals surface area contributed by atoms with Gasteiger partial charge in [0.25, 0.3) is 11.8 Å².